The minimum absolute atomic E-state index is 0.134. The molecule has 0 bridgehead atoms. The molecule has 7 heteroatoms. The molecule has 0 aromatic heterocycles. The van der Waals surface area contributed by atoms with Gasteiger partial charge in [-0.25, -0.2) is 8.78 Å². The molecule has 0 spiro atoms. The van der Waals surface area contributed by atoms with Crippen LogP contribution in [0.4, 0.5) is 17.6 Å². The summed E-state index contributed by atoms with van der Waals surface area (Å²) < 4.78 is 49.3. The third-order valence-corrected chi connectivity index (χ3v) is 3.12. The van der Waals surface area contributed by atoms with Crippen molar-refractivity contribution in [3.8, 4) is 0 Å². The fraction of sp³-hybridized carbons (Fsp3) is 0.900. The molecule has 0 aromatic carbocycles. The SMILES string of the molecule is CC1CC(NC(=O)C(F)(F)C(F)F)CCN1C. The molecule has 1 N–H and O–H groups in total. The second-order valence-corrected chi connectivity index (χ2v) is 4.45. The number of amides is 1. The lowest BCUT2D eigenvalue weighted by Gasteiger charge is -2.35. The zero-order valence-corrected chi connectivity index (χ0v) is 9.72. The summed E-state index contributed by atoms with van der Waals surface area (Å²) in [5.41, 5.74) is 0. The zero-order chi connectivity index (χ0) is 13.2. The van der Waals surface area contributed by atoms with E-state index in [2.05, 4.69) is 0 Å². The van der Waals surface area contributed by atoms with Gasteiger partial charge in [0.15, 0.2) is 0 Å². The summed E-state index contributed by atoms with van der Waals surface area (Å²) in [6.45, 7) is 2.54. The van der Waals surface area contributed by atoms with Gasteiger partial charge in [0.2, 0.25) is 0 Å². The van der Waals surface area contributed by atoms with Crippen molar-refractivity contribution in [3.05, 3.63) is 0 Å². The summed E-state index contributed by atoms with van der Waals surface area (Å²) in [5.74, 6) is -6.48. The number of halogens is 4. The third-order valence-electron chi connectivity index (χ3n) is 3.12. The number of alkyl halides is 4. The van der Waals surface area contributed by atoms with Gasteiger partial charge in [-0.3, -0.25) is 4.79 Å². The van der Waals surface area contributed by atoms with E-state index < -0.39 is 24.3 Å². The van der Waals surface area contributed by atoms with E-state index in [0.717, 1.165) is 0 Å². The second-order valence-electron chi connectivity index (χ2n) is 4.45. The van der Waals surface area contributed by atoms with Crippen LogP contribution in [-0.4, -0.2) is 48.8 Å². The first-order chi connectivity index (χ1) is 7.75. The maximum atomic E-state index is 12.7. The Bertz CT molecular complexity index is 285. The molecular weight excluding hydrogens is 240 g/mol. The summed E-state index contributed by atoms with van der Waals surface area (Å²) in [5, 5.41) is 2.00. The Hall–Kier alpha value is -0.850. The van der Waals surface area contributed by atoms with E-state index in [1.807, 2.05) is 24.2 Å². The number of likely N-dealkylation sites (tertiary alicyclic amines) is 1. The number of nitrogens with one attached hydrogen (secondary N) is 1. The zero-order valence-electron chi connectivity index (χ0n) is 9.72. The standard InChI is InChI=1S/C10H16F4N2O/c1-6-5-7(3-4-16(6)2)15-9(17)10(13,14)8(11)12/h6-8H,3-5H2,1-2H3,(H,15,17). The Balaban J connectivity index is 2.53. The predicted molar refractivity (Wildman–Crippen MR) is 54.2 cm³/mol. The molecule has 3 nitrogen and oxygen atoms in total. The highest BCUT2D eigenvalue weighted by Crippen LogP contribution is 2.24. The molecule has 1 heterocycles. The molecule has 1 saturated heterocycles. The number of nitrogens with zero attached hydrogens (tertiary/aromatic N) is 1. The van der Waals surface area contributed by atoms with Crippen LogP contribution in [0.5, 0.6) is 0 Å². The Labute approximate surface area is 97.2 Å². The smallest absolute Gasteiger partial charge is 0.348 e. The van der Waals surface area contributed by atoms with E-state index >= 15 is 0 Å². The highest BCUT2D eigenvalue weighted by molar-refractivity contribution is 5.84. The van der Waals surface area contributed by atoms with E-state index in [9.17, 15) is 22.4 Å². The molecule has 1 rings (SSSR count). The molecule has 100 valence electrons. The first-order valence-corrected chi connectivity index (χ1v) is 5.42. The molecule has 1 amide bonds. The van der Waals surface area contributed by atoms with Crippen LogP contribution in [0.3, 0.4) is 0 Å². The molecule has 0 aromatic rings. The van der Waals surface area contributed by atoms with Gasteiger partial charge in [0.25, 0.3) is 5.91 Å². The summed E-state index contributed by atoms with van der Waals surface area (Å²) in [6, 6.07) is -0.326. The Morgan fingerprint density at radius 1 is 1.47 bits per heavy atom. The van der Waals surface area contributed by atoms with Crippen molar-refractivity contribution in [1.29, 1.82) is 0 Å². The van der Waals surface area contributed by atoms with Gasteiger partial charge in [-0.2, -0.15) is 8.78 Å². The molecule has 2 unspecified atom stereocenters. The largest absolute Gasteiger partial charge is 0.383 e. The molecule has 1 aliphatic rings. The topological polar surface area (TPSA) is 32.3 Å². The lowest BCUT2D eigenvalue weighted by atomic mass is 9.99. The molecule has 17 heavy (non-hydrogen) atoms. The summed E-state index contributed by atoms with van der Waals surface area (Å²) in [6.07, 6.45) is -2.99. The Kier molecular flexibility index (Phi) is 4.35. The van der Waals surface area contributed by atoms with Crippen LogP contribution in [0, 0.1) is 0 Å². The summed E-state index contributed by atoms with van der Waals surface area (Å²) >= 11 is 0. The molecule has 2 atom stereocenters. The van der Waals surface area contributed by atoms with Crippen LogP contribution in [0.1, 0.15) is 19.8 Å². The van der Waals surface area contributed by atoms with Gasteiger partial charge in [-0.05, 0) is 26.8 Å². The lowest BCUT2D eigenvalue weighted by molar-refractivity contribution is -0.170. The van der Waals surface area contributed by atoms with E-state index in [1.165, 1.54) is 0 Å². The van der Waals surface area contributed by atoms with Gasteiger partial charge in [0.05, 0.1) is 0 Å². The maximum Gasteiger partial charge on any atom is 0.383 e. The van der Waals surface area contributed by atoms with Gasteiger partial charge in [0.1, 0.15) is 0 Å². The normalized spacial score (nSPS) is 27.2. The molecule has 0 saturated carbocycles. The van der Waals surface area contributed by atoms with Gasteiger partial charge in [-0.15, -0.1) is 0 Å². The van der Waals surface area contributed by atoms with Crippen molar-refractivity contribution in [2.75, 3.05) is 13.6 Å². The lowest BCUT2D eigenvalue weighted by Crippen LogP contribution is -2.53. The fourth-order valence-electron chi connectivity index (χ4n) is 1.80. The number of hydrogen-bond acceptors (Lipinski definition) is 2. The average molecular weight is 256 g/mol. The molecular formula is C10H16F4N2O. The van der Waals surface area contributed by atoms with Crippen molar-refractivity contribution < 1.29 is 22.4 Å². The minimum Gasteiger partial charge on any atom is -0.348 e. The van der Waals surface area contributed by atoms with E-state index in [0.29, 0.717) is 19.4 Å². The van der Waals surface area contributed by atoms with Gasteiger partial charge >= 0.3 is 12.3 Å². The fourth-order valence-corrected chi connectivity index (χ4v) is 1.80. The van der Waals surface area contributed by atoms with Crippen molar-refractivity contribution in [2.24, 2.45) is 0 Å². The Morgan fingerprint density at radius 3 is 2.53 bits per heavy atom. The monoisotopic (exact) mass is 256 g/mol. The Morgan fingerprint density at radius 2 is 2.06 bits per heavy atom. The van der Waals surface area contributed by atoms with E-state index in [4.69, 9.17) is 0 Å². The first-order valence-electron chi connectivity index (χ1n) is 5.42. The number of carbonyl (C=O) groups is 1. The third kappa shape index (κ3) is 3.31. The quantitative estimate of drug-likeness (QED) is 0.776. The maximum absolute atomic E-state index is 12.7. The summed E-state index contributed by atoms with van der Waals surface area (Å²) in [4.78, 5) is 13.0. The number of piperidine rings is 1. The number of hydrogen-bond donors (Lipinski definition) is 1. The molecule has 1 aliphatic heterocycles. The predicted octanol–water partition coefficient (Wildman–Crippen LogP) is 1.49. The second kappa shape index (κ2) is 5.20. The number of rotatable bonds is 3. The van der Waals surface area contributed by atoms with Gasteiger partial charge in [0, 0.05) is 18.6 Å². The average Bonchev–Trinajstić information content (AvgIpc) is 2.23. The van der Waals surface area contributed by atoms with Crippen molar-refractivity contribution in [2.45, 2.75) is 44.2 Å². The van der Waals surface area contributed by atoms with Crippen LogP contribution in [-0.2, 0) is 4.79 Å². The van der Waals surface area contributed by atoms with E-state index in [-0.39, 0.29) is 6.04 Å². The highest BCUT2D eigenvalue weighted by Gasteiger charge is 2.49. The van der Waals surface area contributed by atoms with Gasteiger partial charge < -0.3 is 10.2 Å². The summed E-state index contributed by atoms with van der Waals surface area (Å²) in [7, 11) is 1.89. The van der Waals surface area contributed by atoms with Crippen molar-refractivity contribution in [1.82, 2.24) is 10.2 Å². The minimum atomic E-state index is -4.60. The van der Waals surface area contributed by atoms with Crippen molar-refractivity contribution >= 4 is 5.91 Å². The van der Waals surface area contributed by atoms with Crippen LogP contribution in [0.2, 0.25) is 0 Å². The van der Waals surface area contributed by atoms with E-state index in [1.54, 1.807) is 0 Å². The molecule has 0 radical (unpaired) electrons. The van der Waals surface area contributed by atoms with Crippen molar-refractivity contribution in [3.63, 3.8) is 0 Å². The molecule has 1 fully saturated rings. The van der Waals surface area contributed by atoms with Crippen LogP contribution in [0.15, 0.2) is 0 Å². The molecule has 0 aliphatic carbocycles. The van der Waals surface area contributed by atoms with Crippen LogP contribution < -0.4 is 5.32 Å². The highest BCUT2D eigenvalue weighted by atomic mass is 19.3. The van der Waals surface area contributed by atoms with Crippen LogP contribution in [0.25, 0.3) is 0 Å². The van der Waals surface area contributed by atoms with Gasteiger partial charge in [-0.1, -0.05) is 0 Å². The number of carbonyl (C=O) groups excluding carboxylic acids is 1. The first kappa shape index (κ1) is 14.2. The van der Waals surface area contributed by atoms with Crippen LogP contribution >= 0.6 is 0 Å².